The van der Waals surface area contributed by atoms with E-state index in [9.17, 15) is 14.4 Å². The van der Waals surface area contributed by atoms with Crippen LogP contribution in [0.4, 0.5) is 11.4 Å². The van der Waals surface area contributed by atoms with E-state index in [1.165, 1.54) is 15.5 Å². The average Bonchev–Trinajstić information content (AvgIpc) is 2.87. The van der Waals surface area contributed by atoms with E-state index < -0.39 is 11.9 Å². The van der Waals surface area contributed by atoms with Gasteiger partial charge in [-0.3, -0.25) is 4.79 Å². The maximum atomic E-state index is 12.7. The van der Waals surface area contributed by atoms with E-state index in [4.69, 9.17) is 10.2 Å². The number of nitrogens with zero attached hydrogens (tertiary/aromatic N) is 2. The van der Waals surface area contributed by atoms with Gasteiger partial charge in [0.15, 0.2) is 0 Å². The molecule has 0 saturated carbocycles. The van der Waals surface area contributed by atoms with Crippen molar-refractivity contribution in [2.75, 3.05) is 31.1 Å². The summed E-state index contributed by atoms with van der Waals surface area (Å²) in [5.41, 5.74) is 3.08. The van der Waals surface area contributed by atoms with Crippen molar-refractivity contribution in [1.29, 1.82) is 0 Å². The molecule has 1 amide bonds. The highest BCUT2D eigenvalue weighted by molar-refractivity contribution is 7.99. The van der Waals surface area contributed by atoms with Gasteiger partial charge in [0.25, 0.3) is 5.91 Å². The molecule has 1 heterocycles. The number of nitrogens with one attached hydrogen (secondary N) is 1. The van der Waals surface area contributed by atoms with Crippen LogP contribution in [0.5, 0.6) is 0 Å². The first-order valence-electron chi connectivity index (χ1n) is 12.4. The van der Waals surface area contributed by atoms with Crippen LogP contribution in [0.25, 0.3) is 0 Å². The predicted molar refractivity (Wildman–Crippen MR) is 148 cm³/mol. The van der Waals surface area contributed by atoms with Crippen LogP contribution >= 0.6 is 11.8 Å². The predicted octanol–water partition coefficient (Wildman–Crippen LogP) is 5.12. The Kier molecular flexibility index (Phi) is 11.7. The molecule has 9 heteroatoms. The Morgan fingerprint density at radius 2 is 1.54 bits per heavy atom. The largest absolute Gasteiger partial charge is 0.478 e. The van der Waals surface area contributed by atoms with Crippen LogP contribution in [0.3, 0.4) is 0 Å². The molecule has 1 unspecified atom stereocenters. The van der Waals surface area contributed by atoms with Gasteiger partial charge >= 0.3 is 11.9 Å². The molecule has 0 bridgehead atoms. The summed E-state index contributed by atoms with van der Waals surface area (Å²) in [5, 5.41) is 18.7. The minimum atomic E-state index is -1.26. The van der Waals surface area contributed by atoms with Gasteiger partial charge in [0.1, 0.15) is 0 Å². The van der Waals surface area contributed by atoms with Gasteiger partial charge in [0, 0.05) is 46.6 Å². The van der Waals surface area contributed by atoms with Crippen molar-refractivity contribution in [3.8, 4) is 0 Å². The van der Waals surface area contributed by atoms with Crippen molar-refractivity contribution in [2.45, 2.75) is 50.5 Å². The lowest BCUT2D eigenvalue weighted by molar-refractivity contribution is -0.134. The Morgan fingerprint density at radius 3 is 2.11 bits per heavy atom. The number of fused-ring (bicyclic) bond motifs is 2. The normalized spacial score (nSPS) is 13.0. The highest BCUT2D eigenvalue weighted by Crippen LogP contribution is 2.49. The van der Waals surface area contributed by atoms with E-state index in [1.54, 1.807) is 11.8 Å². The summed E-state index contributed by atoms with van der Waals surface area (Å²) in [7, 11) is 0. The number of hydrogen-bond acceptors (Lipinski definition) is 6. The molecule has 0 aromatic heterocycles. The molecule has 0 saturated heterocycles. The number of amides is 1. The number of carbonyl (C=O) groups excluding carboxylic acids is 1. The summed E-state index contributed by atoms with van der Waals surface area (Å²) in [6, 6.07) is 15.0. The van der Waals surface area contributed by atoms with Gasteiger partial charge in [0.2, 0.25) is 0 Å². The highest BCUT2D eigenvalue weighted by atomic mass is 32.2. The second-order valence-electron chi connectivity index (χ2n) is 9.07. The topological polar surface area (TPSA) is 110 Å². The number of para-hydroxylation sites is 1. The first kappa shape index (κ1) is 29.9. The molecule has 2 aromatic rings. The third kappa shape index (κ3) is 8.94. The van der Waals surface area contributed by atoms with E-state index in [2.05, 4.69) is 86.1 Å². The van der Waals surface area contributed by atoms with Crippen LogP contribution in [0.15, 0.2) is 64.4 Å². The maximum absolute atomic E-state index is 12.7. The van der Waals surface area contributed by atoms with Crippen molar-refractivity contribution < 1.29 is 24.6 Å². The van der Waals surface area contributed by atoms with Gasteiger partial charge in [-0.2, -0.15) is 0 Å². The maximum Gasteiger partial charge on any atom is 0.328 e. The fourth-order valence-corrected chi connectivity index (χ4v) is 4.93. The van der Waals surface area contributed by atoms with Gasteiger partial charge in [0.05, 0.1) is 11.4 Å². The van der Waals surface area contributed by atoms with E-state index in [0.717, 1.165) is 30.9 Å². The summed E-state index contributed by atoms with van der Waals surface area (Å²) in [4.78, 5) is 39.1. The third-order valence-electron chi connectivity index (χ3n) is 5.72. The fourth-order valence-electron chi connectivity index (χ4n) is 3.88. The monoisotopic (exact) mass is 527 g/mol. The molecule has 3 N–H and O–H groups in total. The lowest BCUT2D eigenvalue weighted by atomic mass is 10.1. The first-order valence-corrected chi connectivity index (χ1v) is 13.2. The van der Waals surface area contributed by atoms with Crippen molar-refractivity contribution in [3.63, 3.8) is 0 Å². The molecule has 37 heavy (non-hydrogen) atoms. The summed E-state index contributed by atoms with van der Waals surface area (Å²) >= 11 is 1.79. The molecule has 0 radical (unpaired) electrons. The van der Waals surface area contributed by atoms with Crippen LogP contribution in [0, 0.1) is 5.92 Å². The van der Waals surface area contributed by atoms with E-state index in [1.807, 2.05) is 6.07 Å². The molecule has 3 rings (SSSR count). The van der Waals surface area contributed by atoms with Crippen LogP contribution in [0.2, 0.25) is 0 Å². The third-order valence-corrected chi connectivity index (χ3v) is 6.85. The van der Waals surface area contributed by atoms with Gasteiger partial charge < -0.3 is 25.3 Å². The first-order chi connectivity index (χ1) is 17.6. The Labute approximate surface area is 223 Å². The van der Waals surface area contributed by atoms with Gasteiger partial charge in [-0.15, -0.1) is 0 Å². The fraction of sp³-hybridized carbons (Fsp3) is 0.393. The molecule has 2 aromatic carbocycles. The molecule has 1 aliphatic rings. The second-order valence-corrected chi connectivity index (χ2v) is 10.2. The number of hydrogen-bond donors (Lipinski definition) is 3. The number of aliphatic carboxylic acids is 2. The molecule has 0 spiro atoms. The van der Waals surface area contributed by atoms with Gasteiger partial charge in [-0.1, -0.05) is 51.6 Å². The van der Waals surface area contributed by atoms with Crippen molar-refractivity contribution in [2.24, 2.45) is 5.92 Å². The molecular formula is C28H37N3O5S. The minimum absolute atomic E-state index is 0.00158. The summed E-state index contributed by atoms with van der Waals surface area (Å²) in [6.07, 6.45) is 1.12. The highest BCUT2D eigenvalue weighted by Gasteiger charge is 2.28. The van der Waals surface area contributed by atoms with E-state index in [-0.39, 0.29) is 5.91 Å². The number of carbonyl (C=O) groups is 3. The van der Waals surface area contributed by atoms with E-state index in [0.29, 0.717) is 30.7 Å². The van der Waals surface area contributed by atoms with Gasteiger partial charge in [-0.25, -0.2) is 9.59 Å². The lowest BCUT2D eigenvalue weighted by Crippen LogP contribution is -2.41. The van der Waals surface area contributed by atoms with Crippen LogP contribution in [0.1, 0.15) is 45.0 Å². The second kappa shape index (κ2) is 14.4. The Balaban J connectivity index is 0.000000521. The SMILES string of the molecule is CCN(CC)CC(C)N1c2ccccc2Sc2ccc(C(=O)NCC(C)C)cc21.O=C(O)/C=C/C(=O)O. The molecule has 0 fully saturated rings. The molecule has 1 atom stereocenters. The Hall–Kier alpha value is -3.30. The van der Waals surface area contributed by atoms with Gasteiger partial charge in [-0.05, 0) is 56.3 Å². The zero-order valence-electron chi connectivity index (χ0n) is 22.1. The number of rotatable bonds is 10. The number of anilines is 2. The summed E-state index contributed by atoms with van der Waals surface area (Å²) in [5.74, 6) is -2.08. The smallest absolute Gasteiger partial charge is 0.328 e. The number of benzene rings is 2. The quantitative estimate of drug-likeness (QED) is 0.365. The zero-order chi connectivity index (χ0) is 27.5. The molecule has 0 aliphatic carbocycles. The summed E-state index contributed by atoms with van der Waals surface area (Å²) < 4.78 is 0. The molecule has 1 aliphatic heterocycles. The van der Waals surface area contributed by atoms with E-state index >= 15 is 0 Å². The Bertz CT molecular complexity index is 1100. The molecule has 8 nitrogen and oxygen atoms in total. The average molecular weight is 528 g/mol. The van der Waals surface area contributed by atoms with Crippen molar-refractivity contribution >= 4 is 41.0 Å². The van der Waals surface area contributed by atoms with Crippen LogP contribution in [-0.4, -0.2) is 65.2 Å². The number of likely N-dealkylation sites (N-methyl/N-ethyl adjacent to an activating group) is 1. The summed E-state index contributed by atoms with van der Waals surface area (Å²) in [6.45, 7) is 14.7. The minimum Gasteiger partial charge on any atom is -0.478 e. The standard InChI is InChI=1S/C24H33N3OS.C4H4O4/c1-6-26(7-2)16-18(5)27-20-10-8-9-11-22(20)29-23-13-12-19(14-21(23)27)24(28)25-15-17(3)4;5-3(6)1-2-4(7)8/h8-14,17-18H,6-7,15-16H2,1-5H3,(H,25,28);1-2H,(H,5,6)(H,7,8)/b;2-1+. The lowest BCUT2D eigenvalue weighted by Gasteiger charge is -2.39. The molecule has 200 valence electrons. The van der Waals surface area contributed by atoms with Crippen LogP contribution < -0.4 is 10.2 Å². The van der Waals surface area contributed by atoms with Crippen LogP contribution in [-0.2, 0) is 9.59 Å². The Morgan fingerprint density at radius 1 is 0.946 bits per heavy atom. The number of carboxylic acids is 2. The van der Waals surface area contributed by atoms with Crippen molar-refractivity contribution in [1.82, 2.24) is 10.2 Å². The van der Waals surface area contributed by atoms with Crippen molar-refractivity contribution in [3.05, 3.63) is 60.2 Å². The zero-order valence-corrected chi connectivity index (χ0v) is 22.9. The number of carboxylic acid groups (broad SMARTS) is 2. The molecular weight excluding hydrogens is 490 g/mol.